The molecule has 0 atom stereocenters. The highest BCUT2D eigenvalue weighted by molar-refractivity contribution is 7.71. The van der Waals surface area contributed by atoms with Crippen LogP contribution in [0.3, 0.4) is 0 Å². The Morgan fingerprint density at radius 2 is 1.94 bits per heavy atom. The first-order chi connectivity index (χ1) is 8.66. The molecule has 1 heterocycles. The first kappa shape index (κ1) is 14.9. The fraction of sp³-hybridized carbons (Fsp3) is 0.571. The molecule has 0 aromatic carbocycles. The largest absolute Gasteiger partial charge is 0.366 e. The molecule has 1 amide bonds. The van der Waals surface area contributed by atoms with E-state index in [1.807, 2.05) is 16.8 Å². The van der Waals surface area contributed by atoms with Gasteiger partial charge in [0.2, 0.25) is 0 Å². The van der Waals surface area contributed by atoms with Crippen molar-refractivity contribution in [2.75, 3.05) is 0 Å². The number of amides is 1. The van der Waals surface area contributed by atoms with Crippen molar-refractivity contribution in [2.24, 2.45) is 5.73 Å². The number of nitrogens with zero attached hydrogens (tertiary/aromatic N) is 1. The minimum atomic E-state index is -0.447. The lowest BCUT2D eigenvalue weighted by molar-refractivity contribution is 0.0999. The summed E-state index contributed by atoms with van der Waals surface area (Å²) >= 11 is 5.25. The van der Waals surface area contributed by atoms with Crippen molar-refractivity contribution in [3.63, 3.8) is 0 Å². The van der Waals surface area contributed by atoms with Gasteiger partial charge in [0.05, 0.1) is 5.56 Å². The first-order valence-corrected chi connectivity index (χ1v) is 7.07. The Hall–Kier alpha value is -1.16. The molecule has 0 aliphatic heterocycles. The van der Waals surface area contributed by atoms with Gasteiger partial charge in [-0.15, -0.1) is 0 Å². The smallest absolute Gasteiger partial charge is 0.251 e. The number of pyridine rings is 1. The average Bonchev–Trinajstić information content (AvgIpc) is 2.35. The predicted molar refractivity (Wildman–Crippen MR) is 77.2 cm³/mol. The highest BCUT2D eigenvalue weighted by atomic mass is 32.1. The average molecular weight is 266 g/mol. The van der Waals surface area contributed by atoms with Gasteiger partial charge in [0.15, 0.2) is 0 Å². The molecular formula is C14H22N2OS. The standard InChI is InChI=1S/C14H22N2OS/c1-2-3-4-5-6-7-10-16-11-8-9-12(13(15)17)14(16)18/h8-9,11H,2-7,10H2,1H3,(H2,15,17). The van der Waals surface area contributed by atoms with Gasteiger partial charge >= 0.3 is 0 Å². The third kappa shape index (κ3) is 4.61. The molecule has 4 heteroatoms. The molecule has 0 bridgehead atoms. The zero-order valence-corrected chi connectivity index (χ0v) is 11.8. The number of hydrogen-bond donors (Lipinski definition) is 1. The van der Waals surface area contributed by atoms with Crippen LogP contribution in [0.5, 0.6) is 0 Å². The summed E-state index contributed by atoms with van der Waals surface area (Å²) in [7, 11) is 0. The maximum atomic E-state index is 11.2. The number of hydrogen-bond acceptors (Lipinski definition) is 2. The molecule has 0 spiro atoms. The van der Waals surface area contributed by atoms with Crippen molar-refractivity contribution in [1.29, 1.82) is 0 Å². The third-order valence-electron chi connectivity index (χ3n) is 3.04. The van der Waals surface area contributed by atoms with Gasteiger partial charge in [-0.3, -0.25) is 4.79 Å². The second kappa shape index (κ2) is 8.03. The maximum absolute atomic E-state index is 11.2. The summed E-state index contributed by atoms with van der Waals surface area (Å²) in [5, 5.41) is 0. The number of nitrogens with two attached hydrogens (primary N) is 1. The van der Waals surface area contributed by atoms with Gasteiger partial charge in [0.1, 0.15) is 4.64 Å². The van der Waals surface area contributed by atoms with Crippen LogP contribution in [0.25, 0.3) is 0 Å². The molecule has 0 aliphatic carbocycles. The van der Waals surface area contributed by atoms with Gasteiger partial charge in [-0.1, -0.05) is 51.2 Å². The lowest BCUT2D eigenvalue weighted by atomic mass is 10.1. The summed E-state index contributed by atoms with van der Waals surface area (Å²) in [5.41, 5.74) is 5.72. The van der Waals surface area contributed by atoms with Crippen LogP contribution in [0.4, 0.5) is 0 Å². The first-order valence-electron chi connectivity index (χ1n) is 6.66. The zero-order chi connectivity index (χ0) is 13.4. The van der Waals surface area contributed by atoms with Crippen LogP contribution < -0.4 is 5.73 Å². The van der Waals surface area contributed by atoms with Crippen LogP contribution in [0.15, 0.2) is 18.3 Å². The quantitative estimate of drug-likeness (QED) is 0.576. The molecule has 18 heavy (non-hydrogen) atoms. The molecule has 2 N–H and O–H groups in total. The van der Waals surface area contributed by atoms with Crippen molar-refractivity contribution in [3.8, 4) is 0 Å². The summed E-state index contributed by atoms with van der Waals surface area (Å²) in [6.45, 7) is 3.08. The Morgan fingerprint density at radius 1 is 1.28 bits per heavy atom. The Bertz CT molecular complexity index is 440. The van der Waals surface area contributed by atoms with Gasteiger partial charge in [-0.2, -0.15) is 0 Å². The number of primary amides is 1. The molecule has 3 nitrogen and oxygen atoms in total. The highest BCUT2D eigenvalue weighted by Gasteiger charge is 2.04. The van der Waals surface area contributed by atoms with Gasteiger partial charge in [-0.25, -0.2) is 0 Å². The summed E-state index contributed by atoms with van der Waals surface area (Å²) < 4.78 is 2.49. The van der Waals surface area contributed by atoms with Crippen LogP contribution >= 0.6 is 12.2 Å². The molecule has 1 aromatic heterocycles. The fourth-order valence-electron chi connectivity index (χ4n) is 1.96. The summed E-state index contributed by atoms with van der Waals surface area (Å²) in [6.07, 6.45) is 9.39. The molecule has 0 aliphatic rings. The third-order valence-corrected chi connectivity index (χ3v) is 3.49. The molecule has 0 saturated heterocycles. The van der Waals surface area contributed by atoms with E-state index in [1.165, 1.54) is 32.1 Å². The van der Waals surface area contributed by atoms with Crippen LogP contribution in [0.1, 0.15) is 55.8 Å². The predicted octanol–water partition coefficient (Wildman–Crippen LogP) is 3.68. The number of aromatic nitrogens is 1. The van der Waals surface area contributed by atoms with E-state index in [9.17, 15) is 4.79 Å². The SMILES string of the molecule is CCCCCCCCn1cccc(C(N)=O)c1=S. The summed E-state index contributed by atoms with van der Waals surface area (Å²) in [4.78, 5) is 11.2. The Labute approximate surface area is 114 Å². The van der Waals surface area contributed by atoms with E-state index in [1.54, 1.807) is 6.07 Å². The number of carbonyl (C=O) groups excluding carboxylic acids is 1. The van der Waals surface area contributed by atoms with Gasteiger partial charge < -0.3 is 10.3 Å². The van der Waals surface area contributed by atoms with Crippen molar-refractivity contribution < 1.29 is 4.79 Å². The van der Waals surface area contributed by atoms with E-state index >= 15 is 0 Å². The van der Waals surface area contributed by atoms with Gasteiger partial charge in [-0.05, 0) is 18.6 Å². The molecular weight excluding hydrogens is 244 g/mol. The van der Waals surface area contributed by atoms with E-state index in [0.29, 0.717) is 10.2 Å². The van der Waals surface area contributed by atoms with Crippen molar-refractivity contribution >= 4 is 18.1 Å². The van der Waals surface area contributed by atoms with Crippen LogP contribution in [-0.4, -0.2) is 10.5 Å². The Morgan fingerprint density at radius 3 is 2.61 bits per heavy atom. The van der Waals surface area contributed by atoms with Gasteiger partial charge in [0, 0.05) is 12.7 Å². The van der Waals surface area contributed by atoms with Crippen LogP contribution in [0.2, 0.25) is 0 Å². The van der Waals surface area contributed by atoms with Crippen molar-refractivity contribution in [1.82, 2.24) is 4.57 Å². The van der Waals surface area contributed by atoms with E-state index in [2.05, 4.69) is 6.92 Å². The number of rotatable bonds is 8. The molecule has 0 radical (unpaired) electrons. The topological polar surface area (TPSA) is 48.0 Å². The Balaban J connectivity index is 2.46. The number of carbonyl (C=O) groups is 1. The fourth-order valence-corrected chi connectivity index (χ4v) is 2.28. The van der Waals surface area contributed by atoms with Crippen molar-refractivity contribution in [2.45, 2.75) is 52.0 Å². The van der Waals surface area contributed by atoms with E-state index < -0.39 is 5.91 Å². The molecule has 1 rings (SSSR count). The highest BCUT2D eigenvalue weighted by Crippen LogP contribution is 2.08. The second-order valence-corrected chi connectivity index (χ2v) is 4.94. The number of unbranched alkanes of at least 4 members (excludes halogenated alkanes) is 5. The van der Waals surface area contributed by atoms with Crippen LogP contribution in [-0.2, 0) is 6.54 Å². The minimum Gasteiger partial charge on any atom is -0.366 e. The second-order valence-electron chi connectivity index (χ2n) is 4.55. The summed E-state index contributed by atoms with van der Waals surface area (Å²) in [5.74, 6) is -0.447. The van der Waals surface area contributed by atoms with Gasteiger partial charge in [0.25, 0.3) is 5.91 Å². The van der Waals surface area contributed by atoms with E-state index in [-0.39, 0.29) is 0 Å². The van der Waals surface area contributed by atoms with Crippen LogP contribution in [0, 0.1) is 4.64 Å². The molecule has 0 saturated carbocycles. The lowest BCUT2D eigenvalue weighted by Crippen LogP contribution is -2.14. The number of aryl methyl sites for hydroxylation is 1. The molecule has 0 unspecified atom stereocenters. The normalized spacial score (nSPS) is 10.5. The minimum absolute atomic E-state index is 0.443. The zero-order valence-electron chi connectivity index (χ0n) is 11.0. The lowest BCUT2D eigenvalue weighted by Gasteiger charge is -2.08. The summed E-state index contributed by atoms with van der Waals surface area (Å²) in [6, 6.07) is 3.51. The monoisotopic (exact) mass is 266 g/mol. The van der Waals surface area contributed by atoms with Crippen molar-refractivity contribution in [3.05, 3.63) is 28.5 Å². The molecule has 100 valence electrons. The van der Waals surface area contributed by atoms with E-state index in [0.717, 1.165) is 13.0 Å². The maximum Gasteiger partial charge on any atom is 0.251 e. The molecule has 0 fully saturated rings. The van der Waals surface area contributed by atoms with E-state index in [4.69, 9.17) is 18.0 Å². The molecule has 1 aromatic rings. The Kier molecular flexibility index (Phi) is 6.65.